The number of benzene rings is 3. The van der Waals surface area contributed by atoms with Crippen LogP contribution < -0.4 is 4.90 Å². The van der Waals surface area contributed by atoms with Gasteiger partial charge in [0.15, 0.2) is 5.60 Å². The first kappa shape index (κ1) is 17.3. The quantitative estimate of drug-likeness (QED) is 0.629. The zero-order valence-corrected chi connectivity index (χ0v) is 16.1. The number of cyclic esters (lactones) is 1. The Morgan fingerprint density at radius 3 is 1.93 bits per heavy atom. The Labute approximate surface area is 160 Å². The van der Waals surface area contributed by atoms with Gasteiger partial charge >= 0.3 is 5.97 Å². The van der Waals surface area contributed by atoms with Crippen molar-refractivity contribution in [1.82, 2.24) is 0 Å². The molecule has 1 aliphatic rings. The molecule has 27 heavy (non-hydrogen) atoms. The van der Waals surface area contributed by atoms with Crippen molar-refractivity contribution < 1.29 is 9.53 Å². The van der Waals surface area contributed by atoms with Gasteiger partial charge in [0.05, 0.1) is 5.56 Å². The van der Waals surface area contributed by atoms with Crippen LogP contribution in [0.25, 0.3) is 0 Å². The first-order valence-corrected chi connectivity index (χ1v) is 9.11. The Morgan fingerprint density at radius 2 is 1.33 bits per heavy atom. The highest BCUT2D eigenvalue weighted by Crippen LogP contribution is 2.47. The van der Waals surface area contributed by atoms with Crippen LogP contribution in [0.15, 0.2) is 66.7 Å². The number of carbonyl (C=O) groups is 1. The molecule has 0 aromatic heterocycles. The number of nitrogens with zero attached hydrogens (tertiary/aromatic N) is 1. The second-order valence-electron chi connectivity index (χ2n) is 7.43. The molecule has 0 saturated carbocycles. The van der Waals surface area contributed by atoms with E-state index in [0.717, 1.165) is 27.9 Å². The summed E-state index contributed by atoms with van der Waals surface area (Å²) in [4.78, 5) is 14.8. The number of hydrogen-bond acceptors (Lipinski definition) is 3. The Morgan fingerprint density at radius 1 is 0.778 bits per heavy atom. The Balaban J connectivity index is 1.98. The minimum Gasteiger partial charge on any atom is -0.441 e. The molecule has 0 fully saturated rings. The van der Waals surface area contributed by atoms with Crippen molar-refractivity contribution >= 4 is 11.7 Å². The fourth-order valence-corrected chi connectivity index (χ4v) is 3.76. The van der Waals surface area contributed by atoms with Crippen LogP contribution in [0, 0.1) is 13.8 Å². The first-order valence-electron chi connectivity index (χ1n) is 9.11. The third-order valence-corrected chi connectivity index (χ3v) is 5.27. The van der Waals surface area contributed by atoms with Crippen LogP contribution in [-0.4, -0.2) is 20.1 Å². The second kappa shape index (κ2) is 6.27. The van der Waals surface area contributed by atoms with Gasteiger partial charge in [-0.15, -0.1) is 0 Å². The molecule has 1 aliphatic heterocycles. The molecule has 1 unspecified atom stereocenters. The van der Waals surface area contributed by atoms with E-state index in [1.54, 1.807) is 0 Å². The van der Waals surface area contributed by atoms with E-state index >= 15 is 0 Å². The standard InChI is InChI=1S/C24H23NO2/c1-16-5-8-18(9-6-16)24(19-10-12-20(13-11-19)25(3)4)22-14-7-17(2)15-21(22)23(26)27-24/h5-15H,1-4H3. The molecule has 3 aromatic rings. The lowest BCUT2D eigenvalue weighted by Gasteiger charge is -2.31. The van der Waals surface area contributed by atoms with Gasteiger partial charge in [0.25, 0.3) is 0 Å². The zero-order valence-electron chi connectivity index (χ0n) is 16.1. The number of fused-ring (bicyclic) bond motifs is 1. The molecular formula is C24H23NO2. The van der Waals surface area contributed by atoms with Crippen molar-refractivity contribution in [2.75, 3.05) is 19.0 Å². The maximum absolute atomic E-state index is 12.8. The smallest absolute Gasteiger partial charge is 0.340 e. The van der Waals surface area contributed by atoms with Crippen LogP contribution in [0.1, 0.15) is 38.2 Å². The van der Waals surface area contributed by atoms with Gasteiger partial charge < -0.3 is 9.64 Å². The van der Waals surface area contributed by atoms with E-state index in [1.165, 1.54) is 5.56 Å². The lowest BCUT2D eigenvalue weighted by atomic mass is 9.79. The molecule has 0 saturated heterocycles. The number of carbonyl (C=O) groups excluding carboxylic acids is 1. The number of rotatable bonds is 3. The number of aryl methyl sites for hydroxylation is 2. The number of esters is 1. The van der Waals surface area contributed by atoms with E-state index in [4.69, 9.17) is 4.74 Å². The van der Waals surface area contributed by atoms with E-state index in [1.807, 2.05) is 39.2 Å². The molecule has 1 atom stereocenters. The fourth-order valence-electron chi connectivity index (χ4n) is 3.76. The molecule has 136 valence electrons. The summed E-state index contributed by atoms with van der Waals surface area (Å²) in [6.07, 6.45) is 0. The van der Waals surface area contributed by atoms with Crippen LogP contribution in [0.5, 0.6) is 0 Å². The molecule has 1 heterocycles. The van der Waals surface area contributed by atoms with Crippen LogP contribution in [0.4, 0.5) is 5.69 Å². The summed E-state index contributed by atoms with van der Waals surface area (Å²) in [5.41, 5.74) is 5.87. The minimum absolute atomic E-state index is 0.272. The van der Waals surface area contributed by atoms with Crippen LogP contribution >= 0.6 is 0 Å². The lowest BCUT2D eigenvalue weighted by molar-refractivity contribution is 0.0251. The summed E-state index contributed by atoms with van der Waals surface area (Å²) in [6, 6.07) is 22.4. The summed E-state index contributed by atoms with van der Waals surface area (Å²) in [7, 11) is 4.02. The molecule has 0 spiro atoms. The average molecular weight is 357 g/mol. The topological polar surface area (TPSA) is 29.5 Å². The predicted octanol–water partition coefficient (Wildman–Crippen LogP) is 4.83. The maximum Gasteiger partial charge on any atom is 0.340 e. The molecule has 0 radical (unpaired) electrons. The predicted molar refractivity (Wildman–Crippen MR) is 108 cm³/mol. The molecule has 0 N–H and O–H groups in total. The van der Waals surface area contributed by atoms with Gasteiger partial charge in [-0.2, -0.15) is 0 Å². The third kappa shape index (κ3) is 2.71. The summed E-state index contributed by atoms with van der Waals surface area (Å²) >= 11 is 0. The van der Waals surface area contributed by atoms with Gasteiger partial charge in [0, 0.05) is 36.5 Å². The second-order valence-corrected chi connectivity index (χ2v) is 7.43. The first-order chi connectivity index (χ1) is 12.9. The summed E-state index contributed by atoms with van der Waals surface area (Å²) in [5.74, 6) is -0.272. The number of hydrogen-bond donors (Lipinski definition) is 0. The van der Waals surface area contributed by atoms with Crippen LogP contribution in [-0.2, 0) is 10.3 Å². The summed E-state index contributed by atoms with van der Waals surface area (Å²) in [5, 5.41) is 0. The highest BCUT2D eigenvalue weighted by atomic mass is 16.6. The third-order valence-electron chi connectivity index (χ3n) is 5.27. The van der Waals surface area contributed by atoms with E-state index in [-0.39, 0.29) is 5.97 Å². The van der Waals surface area contributed by atoms with Crippen molar-refractivity contribution in [1.29, 1.82) is 0 Å². The molecule has 4 rings (SSSR count). The van der Waals surface area contributed by atoms with Crippen LogP contribution in [0.3, 0.4) is 0 Å². The molecule has 0 amide bonds. The Bertz CT molecular complexity index is 1000. The monoisotopic (exact) mass is 357 g/mol. The Kier molecular flexibility index (Phi) is 4.03. The summed E-state index contributed by atoms with van der Waals surface area (Å²) in [6.45, 7) is 4.05. The van der Waals surface area contributed by atoms with Gasteiger partial charge in [-0.3, -0.25) is 0 Å². The number of ether oxygens (including phenoxy) is 1. The van der Waals surface area contributed by atoms with Gasteiger partial charge in [0.1, 0.15) is 0 Å². The molecule has 0 bridgehead atoms. The SMILES string of the molecule is Cc1ccc(C2(c3ccc(N(C)C)cc3)OC(=O)c3cc(C)ccc32)cc1. The highest BCUT2D eigenvalue weighted by Gasteiger charge is 2.48. The molecule has 3 aromatic carbocycles. The van der Waals surface area contributed by atoms with Crippen molar-refractivity contribution in [2.24, 2.45) is 0 Å². The zero-order chi connectivity index (χ0) is 19.2. The largest absolute Gasteiger partial charge is 0.441 e. The molecule has 3 heteroatoms. The molecular weight excluding hydrogens is 334 g/mol. The summed E-state index contributed by atoms with van der Waals surface area (Å²) < 4.78 is 6.13. The maximum atomic E-state index is 12.8. The minimum atomic E-state index is -0.918. The van der Waals surface area contributed by atoms with E-state index < -0.39 is 5.60 Å². The van der Waals surface area contributed by atoms with Gasteiger partial charge in [-0.1, -0.05) is 59.7 Å². The van der Waals surface area contributed by atoms with E-state index in [2.05, 4.69) is 60.4 Å². The number of anilines is 1. The van der Waals surface area contributed by atoms with Crippen molar-refractivity contribution in [3.8, 4) is 0 Å². The highest BCUT2D eigenvalue weighted by molar-refractivity contribution is 5.96. The van der Waals surface area contributed by atoms with Gasteiger partial charge in [-0.25, -0.2) is 4.79 Å². The van der Waals surface area contributed by atoms with Gasteiger partial charge in [-0.05, 0) is 32.0 Å². The molecule has 3 nitrogen and oxygen atoms in total. The van der Waals surface area contributed by atoms with Crippen LogP contribution in [0.2, 0.25) is 0 Å². The fraction of sp³-hybridized carbons (Fsp3) is 0.208. The average Bonchev–Trinajstić information content (AvgIpc) is 2.95. The van der Waals surface area contributed by atoms with E-state index in [0.29, 0.717) is 5.56 Å². The Hall–Kier alpha value is -3.07. The van der Waals surface area contributed by atoms with Crippen molar-refractivity contribution in [3.05, 3.63) is 100 Å². The normalized spacial score (nSPS) is 18.1. The van der Waals surface area contributed by atoms with Crippen molar-refractivity contribution in [2.45, 2.75) is 19.4 Å². The molecule has 0 aliphatic carbocycles. The van der Waals surface area contributed by atoms with E-state index in [9.17, 15) is 4.79 Å². The lowest BCUT2D eigenvalue weighted by Crippen LogP contribution is -2.29. The van der Waals surface area contributed by atoms with Crippen molar-refractivity contribution in [3.63, 3.8) is 0 Å². The van der Waals surface area contributed by atoms with Gasteiger partial charge in [0.2, 0.25) is 0 Å².